The van der Waals surface area contributed by atoms with Gasteiger partial charge in [0, 0.05) is 47.1 Å². The second kappa shape index (κ2) is 7.64. The number of nitrogens with zero attached hydrogens (tertiary/aromatic N) is 7. The van der Waals surface area contributed by atoms with Crippen LogP contribution in [0.15, 0.2) is 29.9 Å². The van der Waals surface area contributed by atoms with Crippen molar-refractivity contribution < 1.29 is 8.78 Å². The molecule has 2 fully saturated rings. The average molecular weight is 528 g/mol. The third-order valence-corrected chi connectivity index (χ3v) is 9.19. The zero-order valence-corrected chi connectivity index (χ0v) is 20.6. The molecule has 4 aromatic heterocycles. The number of H-pyrrole nitrogens is 1. The van der Waals surface area contributed by atoms with Crippen LogP contribution < -0.4 is 10.6 Å². The predicted octanol–water partition coefficient (Wildman–Crippen LogP) is 4.15. The van der Waals surface area contributed by atoms with Crippen molar-refractivity contribution in [3.63, 3.8) is 0 Å². The molecule has 0 spiro atoms. The summed E-state index contributed by atoms with van der Waals surface area (Å²) in [6.07, 6.45) is 3.07. The smallest absolute Gasteiger partial charge is 0.333 e. The second-order valence-corrected chi connectivity index (χ2v) is 10.6. The number of hydrogen-bond donors (Lipinski definition) is 2. The monoisotopic (exact) mass is 527 g/mol. The largest absolute Gasteiger partial charge is 0.355 e. The summed E-state index contributed by atoms with van der Waals surface area (Å²) in [5.74, 6) is 1.66. The van der Waals surface area contributed by atoms with Crippen LogP contribution in [0.1, 0.15) is 17.3 Å². The summed E-state index contributed by atoms with van der Waals surface area (Å²) < 4.78 is 27.0. The fourth-order valence-corrected chi connectivity index (χ4v) is 7.19. The van der Waals surface area contributed by atoms with E-state index in [1.54, 1.807) is 29.7 Å². The van der Waals surface area contributed by atoms with Gasteiger partial charge in [-0.1, -0.05) is 11.6 Å². The molecule has 9 nitrogen and oxygen atoms in total. The molecule has 3 atom stereocenters. The molecule has 1 aliphatic heterocycles. The van der Waals surface area contributed by atoms with E-state index in [0.717, 1.165) is 29.6 Å². The fraction of sp³-hybridized carbons (Fsp3) is 0.348. The van der Waals surface area contributed by atoms with Crippen molar-refractivity contribution in [3.05, 3.63) is 45.6 Å². The first-order chi connectivity index (χ1) is 17.4. The number of aromatic amines is 1. The molecule has 36 heavy (non-hydrogen) atoms. The number of anilines is 1. The van der Waals surface area contributed by atoms with Crippen LogP contribution in [0, 0.1) is 18.8 Å². The van der Waals surface area contributed by atoms with E-state index in [2.05, 4.69) is 30.6 Å². The van der Waals surface area contributed by atoms with E-state index in [0.29, 0.717) is 50.9 Å². The normalized spacial score (nSPS) is 23.3. The maximum absolute atomic E-state index is 13.2. The number of halogens is 3. The molecule has 184 valence electrons. The van der Waals surface area contributed by atoms with Crippen LogP contribution in [0.3, 0.4) is 0 Å². The minimum atomic E-state index is -2.75. The van der Waals surface area contributed by atoms with Gasteiger partial charge >= 0.3 is 6.55 Å². The zero-order valence-electron chi connectivity index (χ0n) is 19.0. The number of aromatic nitrogens is 7. The van der Waals surface area contributed by atoms with Gasteiger partial charge in [-0.15, -0.1) is 11.3 Å². The first-order valence-corrected chi connectivity index (χ1v) is 12.7. The number of benzene rings is 1. The highest BCUT2D eigenvalue weighted by molar-refractivity contribution is 7.09. The number of nitrogens with two attached hydrogens (primary N) is 1. The Morgan fingerprint density at radius 2 is 2.06 bits per heavy atom. The molecular weight excluding hydrogens is 508 g/mol. The lowest BCUT2D eigenvalue weighted by Crippen LogP contribution is -2.35. The van der Waals surface area contributed by atoms with Crippen molar-refractivity contribution >= 4 is 50.8 Å². The Balaban J connectivity index is 1.18. The molecule has 0 bridgehead atoms. The Hall–Kier alpha value is -3.22. The zero-order chi connectivity index (χ0) is 24.8. The van der Waals surface area contributed by atoms with Crippen molar-refractivity contribution in [1.82, 2.24) is 34.9 Å². The van der Waals surface area contributed by atoms with Crippen LogP contribution in [0.5, 0.6) is 0 Å². The highest BCUT2D eigenvalue weighted by Gasteiger charge is 2.69. The third-order valence-electron chi connectivity index (χ3n) is 7.63. The molecule has 13 heteroatoms. The number of hydrogen-bond acceptors (Lipinski definition) is 8. The van der Waals surface area contributed by atoms with Gasteiger partial charge in [0.1, 0.15) is 22.0 Å². The first-order valence-electron chi connectivity index (χ1n) is 11.5. The molecule has 1 saturated heterocycles. The Bertz CT molecular complexity index is 1630. The van der Waals surface area contributed by atoms with Crippen molar-refractivity contribution in [2.24, 2.45) is 17.6 Å². The van der Waals surface area contributed by atoms with Gasteiger partial charge in [-0.2, -0.15) is 19.0 Å². The Morgan fingerprint density at radius 1 is 1.25 bits per heavy atom. The highest BCUT2D eigenvalue weighted by Crippen LogP contribution is 2.63. The standard InChI is InChI=1S/C23H20ClF2N9S/c1-10-8-36-21(30-10)23(9-27)13-6-34(7-14(13)23)16-5-28-19-18(32-33-20(19)31-16)11-2-3-15-12(17(11)24)4-29-35(15)22(25)26/h2-5,8,13-14,22H,6-7,9,27H2,1H3,(H,31,32,33)/t13-,14+,23?. The number of piperidine rings is 1. The van der Waals surface area contributed by atoms with E-state index in [1.807, 2.05) is 6.92 Å². The lowest BCUT2D eigenvalue weighted by atomic mass is 10.0. The van der Waals surface area contributed by atoms with Crippen molar-refractivity contribution in [2.45, 2.75) is 18.9 Å². The molecule has 3 N–H and O–H groups in total. The van der Waals surface area contributed by atoms with Gasteiger partial charge in [0.05, 0.1) is 22.9 Å². The number of aryl methyl sites for hydroxylation is 1. The van der Waals surface area contributed by atoms with Gasteiger partial charge in [-0.3, -0.25) is 5.10 Å². The summed E-state index contributed by atoms with van der Waals surface area (Å²) in [6.45, 7) is 1.55. The summed E-state index contributed by atoms with van der Waals surface area (Å²) in [4.78, 5) is 16.4. The summed E-state index contributed by atoms with van der Waals surface area (Å²) in [6, 6.07) is 3.21. The van der Waals surface area contributed by atoms with Crippen LogP contribution in [-0.4, -0.2) is 54.6 Å². The molecule has 1 unspecified atom stereocenters. The molecule has 5 aromatic rings. The van der Waals surface area contributed by atoms with Crippen LogP contribution in [0.4, 0.5) is 14.6 Å². The highest BCUT2D eigenvalue weighted by atomic mass is 35.5. The minimum Gasteiger partial charge on any atom is -0.355 e. The molecule has 7 rings (SSSR count). The summed E-state index contributed by atoms with van der Waals surface area (Å²) >= 11 is 8.28. The first kappa shape index (κ1) is 22.0. The van der Waals surface area contributed by atoms with Crippen molar-refractivity contribution in [3.8, 4) is 11.3 Å². The number of rotatable bonds is 5. The SMILES string of the molecule is Cc1csc(C2(CN)[C@@H]3CN(c4cnc5c(-c6ccc7c(cnn7C(F)F)c6Cl)n[nH]c5n4)C[C@@H]32)n1. The summed E-state index contributed by atoms with van der Waals surface area (Å²) in [5.41, 5.74) is 9.66. The topological polar surface area (TPSA) is 114 Å². The average Bonchev–Trinajstić information content (AvgIpc) is 3.49. The molecule has 0 amide bonds. The van der Waals surface area contributed by atoms with E-state index < -0.39 is 6.55 Å². The van der Waals surface area contributed by atoms with E-state index in [9.17, 15) is 8.78 Å². The number of nitrogens with one attached hydrogen (secondary N) is 1. The Labute approximate surface area is 212 Å². The molecule has 5 heterocycles. The van der Waals surface area contributed by atoms with Gasteiger partial charge in [-0.05, 0) is 30.9 Å². The van der Waals surface area contributed by atoms with E-state index in [4.69, 9.17) is 27.3 Å². The van der Waals surface area contributed by atoms with Crippen molar-refractivity contribution in [2.75, 3.05) is 24.5 Å². The lowest BCUT2D eigenvalue weighted by Gasteiger charge is -2.25. The number of thiazole rings is 1. The van der Waals surface area contributed by atoms with Gasteiger partial charge in [0.25, 0.3) is 0 Å². The molecule has 1 saturated carbocycles. The lowest BCUT2D eigenvalue weighted by molar-refractivity contribution is 0.0615. The maximum atomic E-state index is 13.2. The predicted molar refractivity (Wildman–Crippen MR) is 133 cm³/mol. The van der Waals surface area contributed by atoms with Crippen LogP contribution in [-0.2, 0) is 5.41 Å². The quantitative estimate of drug-likeness (QED) is 0.353. The van der Waals surface area contributed by atoms with E-state index in [-0.39, 0.29) is 16.0 Å². The molecule has 1 aliphatic carbocycles. The van der Waals surface area contributed by atoms with E-state index >= 15 is 0 Å². The third kappa shape index (κ3) is 2.91. The van der Waals surface area contributed by atoms with Crippen LogP contribution in [0.25, 0.3) is 33.3 Å². The van der Waals surface area contributed by atoms with Gasteiger partial charge in [0.15, 0.2) is 5.65 Å². The molecule has 1 aromatic carbocycles. The molecular formula is C23H20ClF2N9S. The fourth-order valence-electron chi connectivity index (χ4n) is 5.76. The van der Waals surface area contributed by atoms with Crippen LogP contribution >= 0.6 is 22.9 Å². The van der Waals surface area contributed by atoms with Gasteiger partial charge < -0.3 is 10.6 Å². The maximum Gasteiger partial charge on any atom is 0.333 e. The summed E-state index contributed by atoms with van der Waals surface area (Å²) in [5, 5.41) is 15.0. The number of fused-ring (bicyclic) bond motifs is 3. The summed E-state index contributed by atoms with van der Waals surface area (Å²) in [7, 11) is 0. The molecule has 2 aliphatic rings. The molecule has 0 radical (unpaired) electrons. The second-order valence-electron chi connectivity index (χ2n) is 9.38. The van der Waals surface area contributed by atoms with Crippen LogP contribution in [0.2, 0.25) is 5.02 Å². The Kier molecular flexibility index (Phi) is 4.67. The van der Waals surface area contributed by atoms with Gasteiger partial charge in [0.2, 0.25) is 0 Å². The Morgan fingerprint density at radius 3 is 2.75 bits per heavy atom. The minimum absolute atomic E-state index is 0.0262. The number of alkyl halides is 2. The van der Waals surface area contributed by atoms with E-state index in [1.165, 1.54) is 6.20 Å². The van der Waals surface area contributed by atoms with Crippen molar-refractivity contribution in [1.29, 1.82) is 0 Å². The van der Waals surface area contributed by atoms with Gasteiger partial charge in [-0.25, -0.2) is 19.6 Å².